The molecule has 0 spiro atoms. The summed E-state index contributed by atoms with van der Waals surface area (Å²) in [5, 5.41) is 6.07. The Morgan fingerprint density at radius 2 is 2.00 bits per heavy atom. The molecule has 1 aliphatic heterocycles. The Labute approximate surface area is 160 Å². The Morgan fingerprint density at radius 1 is 1.30 bits per heavy atom. The van der Waals surface area contributed by atoms with Crippen LogP contribution in [0.1, 0.15) is 26.2 Å². The van der Waals surface area contributed by atoms with Crippen LogP contribution in [0.5, 0.6) is 0 Å². The second-order valence-corrected chi connectivity index (χ2v) is 8.51. The number of hydrogen-bond acceptors (Lipinski definition) is 6. The Bertz CT molecular complexity index is 760. The number of sulfonamides is 1. The zero-order valence-electron chi connectivity index (χ0n) is 15.7. The van der Waals surface area contributed by atoms with Crippen LogP contribution >= 0.6 is 0 Å². The third-order valence-corrected chi connectivity index (χ3v) is 6.16. The largest absolute Gasteiger partial charge is 0.468 e. The number of benzene rings is 1. The molecule has 0 aliphatic carbocycles. The number of nitrogens with one attached hydrogen (secondary N) is 3. The molecule has 1 saturated heterocycles. The highest BCUT2D eigenvalue weighted by Crippen LogP contribution is 2.25. The van der Waals surface area contributed by atoms with Crippen molar-refractivity contribution in [3.63, 3.8) is 0 Å². The van der Waals surface area contributed by atoms with Crippen molar-refractivity contribution in [2.24, 2.45) is 11.8 Å². The zero-order chi connectivity index (χ0) is 19.9. The standard InChI is InChI=1S/C18H27N3O5S/c1-13(14-6-8-19-9-7-14)10-17(22)21-15-4-3-5-16(11-15)27(24,25)20-12-18(23)26-2/h3-5,11,13-14,19-20H,6-10,12H2,1-2H3,(H,21,22). The summed E-state index contributed by atoms with van der Waals surface area (Å²) in [6, 6.07) is 5.94. The lowest BCUT2D eigenvalue weighted by atomic mass is 9.84. The maximum absolute atomic E-state index is 12.3. The van der Waals surface area contributed by atoms with Crippen LogP contribution in [0.4, 0.5) is 5.69 Å². The first-order chi connectivity index (χ1) is 12.8. The molecular formula is C18H27N3O5S. The Hall–Kier alpha value is -1.97. The van der Waals surface area contributed by atoms with E-state index < -0.39 is 22.5 Å². The lowest BCUT2D eigenvalue weighted by Gasteiger charge is -2.27. The molecule has 2 rings (SSSR count). The van der Waals surface area contributed by atoms with Crippen molar-refractivity contribution in [1.82, 2.24) is 10.0 Å². The quantitative estimate of drug-likeness (QED) is 0.566. The molecule has 150 valence electrons. The number of carbonyl (C=O) groups is 2. The first-order valence-corrected chi connectivity index (χ1v) is 10.5. The van der Waals surface area contributed by atoms with E-state index >= 15 is 0 Å². The molecule has 3 N–H and O–H groups in total. The SMILES string of the molecule is COC(=O)CNS(=O)(=O)c1cccc(NC(=O)CC(C)C2CCNCC2)c1. The fraction of sp³-hybridized carbons (Fsp3) is 0.556. The second-order valence-electron chi connectivity index (χ2n) is 6.75. The summed E-state index contributed by atoms with van der Waals surface area (Å²) in [6.07, 6.45) is 2.52. The van der Waals surface area contributed by atoms with Gasteiger partial charge in [-0.2, -0.15) is 4.72 Å². The van der Waals surface area contributed by atoms with E-state index in [2.05, 4.69) is 27.0 Å². The van der Waals surface area contributed by atoms with Crippen LogP contribution in [0.2, 0.25) is 0 Å². The topological polar surface area (TPSA) is 114 Å². The van der Waals surface area contributed by atoms with Crippen molar-refractivity contribution in [2.75, 3.05) is 32.1 Å². The predicted molar refractivity (Wildman–Crippen MR) is 102 cm³/mol. The number of hydrogen-bond donors (Lipinski definition) is 3. The highest BCUT2D eigenvalue weighted by atomic mass is 32.2. The van der Waals surface area contributed by atoms with E-state index in [1.54, 1.807) is 12.1 Å². The molecule has 1 aliphatic rings. The van der Waals surface area contributed by atoms with E-state index in [1.807, 2.05) is 0 Å². The number of ether oxygens (including phenoxy) is 1. The normalized spacial score (nSPS) is 16.5. The van der Waals surface area contributed by atoms with Gasteiger partial charge in [0.1, 0.15) is 6.54 Å². The van der Waals surface area contributed by atoms with Gasteiger partial charge >= 0.3 is 5.97 Å². The fourth-order valence-electron chi connectivity index (χ4n) is 3.13. The molecule has 0 bridgehead atoms. The van der Waals surface area contributed by atoms with Gasteiger partial charge in [0.2, 0.25) is 15.9 Å². The average Bonchev–Trinajstić information content (AvgIpc) is 2.67. The van der Waals surface area contributed by atoms with Crippen LogP contribution in [-0.4, -0.2) is 47.0 Å². The van der Waals surface area contributed by atoms with E-state index in [-0.39, 0.29) is 16.7 Å². The highest BCUT2D eigenvalue weighted by molar-refractivity contribution is 7.89. The molecule has 1 amide bonds. The van der Waals surface area contributed by atoms with Crippen molar-refractivity contribution in [1.29, 1.82) is 0 Å². The fourth-order valence-corrected chi connectivity index (χ4v) is 4.15. The maximum atomic E-state index is 12.3. The summed E-state index contributed by atoms with van der Waals surface area (Å²) in [7, 11) is -2.69. The molecule has 1 aromatic rings. The molecule has 0 saturated carbocycles. The van der Waals surface area contributed by atoms with E-state index in [1.165, 1.54) is 19.2 Å². The van der Waals surface area contributed by atoms with Crippen LogP contribution in [-0.2, 0) is 24.3 Å². The van der Waals surface area contributed by atoms with Gasteiger partial charge in [-0.1, -0.05) is 13.0 Å². The summed E-state index contributed by atoms with van der Waals surface area (Å²) in [4.78, 5) is 23.4. The minimum atomic E-state index is -3.87. The monoisotopic (exact) mass is 397 g/mol. The van der Waals surface area contributed by atoms with Crippen LogP contribution in [0.15, 0.2) is 29.2 Å². The highest BCUT2D eigenvalue weighted by Gasteiger charge is 2.22. The van der Waals surface area contributed by atoms with Gasteiger partial charge in [0.25, 0.3) is 0 Å². The molecule has 1 heterocycles. The maximum Gasteiger partial charge on any atom is 0.320 e. The van der Waals surface area contributed by atoms with Gasteiger partial charge in [0.15, 0.2) is 0 Å². The van der Waals surface area contributed by atoms with Gasteiger partial charge in [-0.3, -0.25) is 9.59 Å². The van der Waals surface area contributed by atoms with Crippen molar-refractivity contribution < 1.29 is 22.7 Å². The molecule has 9 heteroatoms. The molecule has 0 aromatic heterocycles. The average molecular weight is 397 g/mol. The van der Waals surface area contributed by atoms with E-state index in [0.717, 1.165) is 25.9 Å². The number of methoxy groups -OCH3 is 1. The summed E-state index contributed by atoms with van der Waals surface area (Å²) in [5.74, 6) is -0.0417. The van der Waals surface area contributed by atoms with Crippen LogP contribution in [0, 0.1) is 11.8 Å². The Morgan fingerprint density at radius 3 is 2.67 bits per heavy atom. The van der Waals surface area contributed by atoms with Crippen LogP contribution in [0.25, 0.3) is 0 Å². The number of rotatable bonds is 8. The van der Waals surface area contributed by atoms with Crippen molar-refractivity contribution in [3.8, 4) is 0 Å². The minimum Gasteiger partial charge on any atom is -0.468 e. The van der Waals surface area contributed by atoms with Gasteiger partial charge < -0.3 is 15.4 Å². The number of esters is 1. The Balaban J connectivity index is 1.96. The molecular weight excluding hydrogens is 370 g/mol. The molecule has 0 radical (unpaired) electrons. The van der Waals surface area contributed by atoms with Gasteiger partial charge in [-0.05, 0) is 56.0 Å². The third kappa shape index (κ3) is 6.60. The molecule has 27 heavy (non-hydrogen) atoms. The molecule has 1 fully saturated rings. The molecule has 1 aromatic carbocycles. The molecule has 8 nitrogen and oxygen atoms in total. The van der Waals surface area contributed by atoms with Crippen molar-refractivity contribution >= 4 is 27.6 Å². The first kappa shape index (κ1) is 21.3. The van der Waals surface area contributed by atoms with Gasteiger partial charge in [-0.25, -0.2) is 8.42 Å². The van der Waals surface area contributed by atoms with Gasteiger partial charge in [-0.15, -0.1) is 0 Å². The van der Waals surface area contributed by atoms with E-state index in [4.69, 9.17) is 0 Å². The summed E-state index contributed by atoms with van der Waals surface area (Å²) in [6.45, 7) is 3.58. The third-order valence-electron chi connectivity index (χ3n) is 4.76. The van der Waals surface area contributed by atoms with Crippen molar-refractivity contribution in [3.05, 3.63) is 24.3 Å². The second kappa shape index (κ2) is 9.82. The van der Waals surface area contributed by atoms with E-state index in [9.17, 15) is 18.0 Å². The van der Waals surface area contributed by atoms with Gasteiger partial charge in [0.05, 0.1) is 12.0 Å². The smallest absolute Gasteiger partial charge is 0.320 e. The lowest BCUT2D eigenvalue weighted by Crippen LogP contribution is -2.32. The van der Waals surface area contributed by atoms with E-state index in [0.29, 0.717) is 18.0 Å². The molecule has 1 unspecified atom stereocenters. The minimum absolute atomic E-state index is 0.0318. The molecule has 1 atom stereocenters. The summed E-state index contributed by atoms with van der Waals surface area (Å²) >= 11 is 0. The number of anilines is 1. The summed E-state index contributed by atoms with van der Waals surface area (Å²) in [5.41, 5.74) is 0.401. The Kier molecular flexibility index (Phi) is 7.76. The van der Waals surface area contributed by atoms with Crippen LogP contribution < -0.4 is 15.4 Å². The lowest BCUT2D eigenvalue weighted by molar-refractivity contribution is -0.139. The number of carbonyl (C=O) groups excluding carboxylic acids is 2. The summed E-state index contributed by atoms with van der Waals surface area (Å²) < 4.78 is 31.1. The first-order valence-electron chi connectivity index (χ1n) is 8.99. The zero-order valence-corrected chi connectivity index (χ0v) is 16.5. The van der Waals surface area contributed by atoms with Crippen molar-refractivity contribution in [2.45, 2.75) is 31.1 Å². The van der Waals surface area contributed by atoms with Gasteiger partial charge in [0, 0.05) is 12.1 Å². The number of amides is 1. The number of piperidine rings is 1. The van der Waals surface area contributed by atoms with Crippen LogP contribution in [0.3, 0.4) is 0 Å². The predicted octanol–water partition coefficient (Wildman–Crippen LogP) is 1.10.